The van der Waals surface area contributed by atoms with E-state index in [1.54, 1.807) is 12.7 Å². The quantitative estimate of drug-likeness (QED) is 0.787. The van der Waals surface area contributed by atoms with Crippen LogP contribution in [0.1, 0.15) is 11.1 Å². The van der Waals surface area contributed by atoms with Crippen LogP contribution >= 0.6 is 0 Å². The van der Waals surface area contributed by atoms with E-state index >= 15 is 0 Å². The molecule has 0 aliphatic heterocycles. The minimum Gasteiger partial charge on any atom is -0.381 e. The Morgan fingerprint density at radius 3 is 2.80 bits per heavy atom. The van der Waals surface area contributed by atoms with Crippen LogP contribution < -0.4 is 5.32 Å². The zero-order chi connectivity index (χ0) is 13.8. The van der Waals surface area contributed by atoms with Gasteiger partial charge in [-0.2, -0.15) is 0 Å². The summed E-state index contributed by atoms with van der Waals surface area (Å²) in [7, 11) is 0. The average molecular weight is 265 g/mol. The first-order chi connectivity index (χ1) is 9.83. The fourth-order valence-corrected chi connectivity index (χ4v) is 1.99. The van der Waals surface area contributed by atoms with Crippen LogP contribution in [0.3, 0.4) is 0 Å². The number of hydrogen-bond acceptors (Lipinski definition) is 4. The highest BCUT2D eigenvalue weighted by Gasteiger charge is 2.00. The smallest absolute Gasteiger partial charge is 0.123 e. The van der Waals surface area contributed by atoms with Crippen molar-refractivity contribution in [1.29, 1.82) is 0 Å². The number of aryl methyl sites for hydroxylation is 1. The van der Waals surface area contributed by atoms with Gasteiger partial charge in [0.05, 0.1) is 5.69 Å². The van der Waals surface area contributed by atoms with Crippen molar-refractivity contribution in [3.63, 3.8) is 0 Å². The molecular weight excluding hydrogens is 250 g/mol. The maximum atomic E-state index is 4.16. The molecule has 2 aromatic heterocycles. The van der Waals surface area contributed by atoms with Gasteiger partial charge in [-0.05, 0) is 42.3 Å². The molecule has 3 aromatic rings. The van der Waals surface area contributed by atoms with E-state index in [4.69, 9.17) is 0 Å². The standard InChI is InChI=1S/C15H15N5/c1-12-5-6-16-8-13(12)9-17-14-3-2-4-15(7-14)20-10-18-19-11-20/h2-8,10-11,17H,9H2,1H3. The summed E-state index contributed by atoms with van der Waals surface area (Å²) >= 11 is 0. The molecule has 0 atom stereocenters. The fourth-order valence-electron chi connectivity index (χ4n) is 1.99. The summed E-state index contributed by atoms with van der Waals surface area (Å²) in [6.45, 7) is 2.84. The van der Waals surface area contributed by atoms with Gasteiger partial charge < -0.3 is 5.32 Å². The molecule has 3 rings (SSSR count). The lowest BCUT2D eigenvalue weighted by Crippen LogP contribution is -2.02. The molecule has 0 fully saturated rings. The third-order valence-electron chi connectivity index (χ3n) is 3.19. The summed E-state index contributed by atoms with van der Waals surface area (Å²) in [4.78, 5) is 4.16. The molecule has 1 aromatic carbocycles. The van der Waals surface area contributed by atoms with E-state index in [0.29, 0.717) is 0 Å². The SMILES string of the molecule is Cc1ccncc1CNc1cccc(-n2cnnc2)c1. The van der Waals surface area contributed by atoms with E-state index in [1.165, 1.54) is 11.1 Å². The van der Waals surface area contributed by atoms with Crippen LogP contribution in [0.15, 0.2) is 55.4 Å². The van der Waals surface area contributed by atoms with Gasteiger partial charge in [-0.15, -0.1) is 10.2 Å². The molecule has 0 aliphatic carbocycles. The minimum absolute atomic E-state index is 0.755. The molecule has 0 saturated carbocycles. The Bertz CT molecular complexity index is 691. The normalized spacial score (nSPS) is 10.4. The number of benzene rings is 1. The van der Waals surface area contributed by atoms with E-state index in [-0.39, 0.29) is 0 Å². The van der Waals surface area contributed by atoms with Gasteiger partial charge >= 0.3 is 0 Å². The van der Waals surface area contributed by atoms with Crippen LogP contribution in [0.2, 0.25) is 0 Å². The maximum Gasteiger partial charge on any atom is 0.123 e. The van der Waals surface area contributed by atoms with Gasteiger partial charge in [0.15, 0.2) is 0 Å². The molecule has 1 N–H and O–H groups in total. The van der Waals surface area contributed by atoms with Crippen molar-refractivity contribution in [2.45, 2.75) is 13.5 Å². The second-order valence-corrected chi connectivity index (χ2v) is 4.58. The van der Waals surface area contributed by atoms with Gasteiger partial charge in [0, 0.05) is 24.6 Å². The molecule has 5 nitrogen and oxygen atoms in total. The van der Waals surface area contributed by atoms with Crippen LogP contribution in [-0.4, -0.2) is 19.7 Å². The van der Waals surface area contributed by atoms with Crippen molar-refractivity contribution >= 4 is 5.69 Å². The number of nitrogens with zero attached hydrogens (tertiary/aromatic N) is 4. The number of anilines is 1. The average Bonchev–Trinajstić information content (AvgIpc) is 3.01. The molecule has 5 heteroatoms. The van der Waals surface area contributed by atoms with Gasteiger partial charge in [0.2, 0.25) is 0 Å². The predicted molar refractivity (Wildman–Crippen MR) is 77.7 cm³/mol. The topological polar surface area (TPSA) is 55.6 Å². The van der Waals surface area contributed by atoms with Crippen molar-refractivity contribution in [2.24, 2.45) is 0 Å². The Kier molecular flexibility index (Phi) is 3.41. The largest absolute Gasteiger partial charge is 0.381 e. The van der Waals surface area contributed by atoms with Gasteiger partial charge in [0.25, 0.3) is 0 Å². The highest BCUT2D eigenvalue weighted by atomic mass is 15.2. The fraction of sp³-hybridized carbons (Fsp3) is 0.133. The van der Waals surface area contributed by atoms with Crippen molar-refractivity contribution < 1.29 is 0 Å². The van der Waals surface area contributed by atoms with E-state index in [0.717, 1.165) is 17.9 Å². The van der Waals surface area contributed by atoms with Gasteiger partial charge in [-0.25, -0.2) is 0 Å². The Balaban J connectivity index is 1.75. The maximum absolute atomic E-state index is 4.16. The van der Waals surface area contributed by atoms with Crippen LogP contribution in [0.25, 0.3) is 5.69 Å². The first kappa shape index (κ1) is 12.3. The molecule has 0 saturated heterocycles. The summed E-state index contributed by atoms with van der Waals surface area (Å²) in [5.41, 5.74) is 4.52. The lowest BCUT2D eigenvalue weighted by atomic mass is 10.1. The predicted octanol–water partition coefficient (Wildman–Crippen LogP) is 2.58. The lowest BCUT2D eigenvalue weighted by molar-refractivity contribution is 1.05. The molecule has 0 unspecified atom stereocenters. The van der Waals surface area contributed by atoms with Crippen molar-refractivity contribution in [3.05, 3.63) is 66.5 Å². The summed E-state index contributed by atoms with van der Waals surface area (Å²) in [6, 6.07) is 10.1. The van der Waals surface area contributed by atoms with E-state index in [9.17, 15) is 0 Å². The monoisotopic (exact) mass is 265 g/mol. The van der Waals surface area contributed by atoms with Crippen molar-refractivity contribution in [2.75, 3.05) is 5.32 Å². The molecule has 0 bridgehead atoms. The molecule has 0 radical (unpaired) electrons. The zero-order valence-corrected chi connectivity index (χ0v) is 11.2. The van der Waals surface area contributed by atoms with Crippen molar-refractivity contribution in [1.82, 2.24) is 19.7 Å². The van der Waals surface area contributed by atoms with Crippen molar-refractivity contribution in [3.8, 4) is 5.69 Å². The van der Waals surface area contributed by atoms with Gasteiger partial charge in [0.1, 0.15) is 12.7 Å². The van der Waals surface area contributed by atoms with Gasteiger partial charge in [-0.1, -0.05) is 6.07 Å². The van der Waals surface area contributed by atoms with E-state index < -0.39 is 0 Å². The lowest BCUT2D eigenvalue weighted by Gasteiger charge is -2.10. The highest BCUT2D eigenvalue weighted by molar-refractivity contribution is 5.51. The molecule has 2 heterocycles. The molecule has 20 heavy (non-hydrogen) atoms. The first-order valence-electron chi connectivity index (χ1n) is 6.41. The molecule has 0 aliphatic rings. The van der Waals surface area contributed by atoms with Crippen LogP contribution in [0, 0.1) is 6.92 Å². The molecule has 0 spiro atoms. The molecule has 100 valence electrons. The van der Waals surface area contributed by atoms with Crippen LogP contribution in [0.5, 0.6) is 0 Å². The van der Waals surface area contributed by atoms with Gasteiger partial charge in [-0.3, -0.25) is 9.55 Å². The first-order valence-corrected chi connectivity index (χ1v) is 6.41. The Morgan fingerprint density at radius 2 is 2.00 bits per heavy atom. The second-order valence-electron chi connectivity index (χ2n) is 4.58. The number of pyridine rings is 1. The Labute approximate surface area is 117 Å². The van der Waals surface area contributed by atoms with E-state index in [1.807, 2.05) is 41.2 Å². The molecule has 0 amide bonds. The third-order valence-corrected chi connectivity index (χ3v) is 3.19. The highest BCUT2D eigenvalue weighted by Crippen LogP contribution is 2.15. The minimum atomic E-state index is 0.755. The number of nitrogens with one attached hydrogen (secondary N) is 1. The summed E-state index contributed by atoms with van der Waals surface area (Å²) in [5.74, 6) is 0. The van der Waals surface area contributed by atoms with Crippen LogP contribution in [-0.2, 0) is 6.54 Å². The summed E-state index contributed by atoms with van der Waals surface area (Å²) in [5, 5.41) is 11.0. The number of hydrogen-bond donors (Lipinski definition) is 1. The number of rotatable bonds is 4. The zero-order valence-electron chi connectivity index (χ0n) is 11.2. The summed E-state index contributed by atoms with van der Waals surface area (Å²) in [6.07, 6.45) is 7.08. The number of aromatic nitrogens is 4. The van der Waals surface area contributed by atoms with E-state index in [2.05, 4.69) is 33.5 Å². The van der Waals surface area contributed by atoms with Crippen LogP contribution in [0.4, 0.5) is 5.69 Å². The Hall–Kier alpha value is -2.69. The summed E-state index contributed by atoms with van der Waals surface area (Å²) < 4.78 is 1.88. The molecular formula is C15H15N5. The Morgan fingerprint density at radius 1 is 1.15 bits per heavy atom. The third kappa shape index (κ3) is 2.66. The second kappa shape index (κ2) is 5.52.